The summed E-state index contributed by atoms with van der Waals surface area (Å²) in [7, 11) is 1.58. The van der Waals surface area contributed by atoms with Gasteiger partial charge < -0.3 is 10.1 Å². The van der Waals surface area contributed by atoms with Crippen molar-refractivity contribution in [2.45, 2.75) is 19.4 Å². The molecular weight excluding hydrogens is 286 g/mol. The van der Waals surface area contributed by atoms with Crippen LogP contribution in [0.25, 0.3) is 0 Å². The largest absolute Gasteiger partial charge is 0.496 e. The fourth-order valence-electron chi connectivity index (χ4n) is 2.18. The zero-order valence-corrected chi connectivity index (χ0v) is 12.9. The molecule has 0 aliphatic heterocycles. The molecule has 21 heavy (non-hydrogen) atoms. The Morgan fingerprint density at radius 2 is 1.95 bits per heavy atom. The summed E-state index contributed by atoms with van der Waals surface area (Å²) in [4.78, 5) is 12.2. The maximum atomic E-state index is 12.2. The first-order valence-electron chi connectivity index (χ1n) is 6.77. The number of hydrogen-bond donors (Lipinski definition) is 1. The van der Waals surface area contributed by atoms with Crippen LogP contribution in [0.3, 0.4) is 0 Å². The Morgan fingerprint density at radius 1 is 1.24 bits per heavy atom. The molecule has 0 bridgehead atoms. The summed E-state index contributed by atoms with van der Waals surface area (Å²) in [5.74, 6) is 0.605. The van der Waals surface area contributed by atoms with Crippen molar-refractivity contribution in [3.05, 3.63) is 64.7 Å². The number of methoxy groups -OCH3 is 1. The highest BCUT2D eigenvalue weighted by Crippen LogP contribution is 2.23. The van der Waals surface area contributed by atoms with Crippen LogP contribution in [0.5, 0.6) is 5.75 Å². The molecule has 110 valence electrons. The molecule has 0 radical (unpaired) electrons. The van der Waals surface area contributed by atoms with Crippen LogP contribution in [-0.4, -0.2) is 13.0 Å². The Hall–Kier alpha value is -2.00. The molecular formula is C17H18ClNO2. The van der Waals surface area contributed by atoms with Crippen LogP contribution in [0.4, 0.5) is 0 Å². The Kier molecular flexibility index (Phi) is 5.23. The Labute approximate surface area is 129 Å². The van der Waals surface area contributed by atoms with Gasteiger partial charge in [0.25, 0.3) is 0 Å². The maximum absolute atomic E-state index is 12.2. The summed E-state index contributed by atoms with van der Waals surface area (Å²) >= 11 is 5.97. The third-order valence-electron chi connectivity index (χ3n) is 3.27. The van der Waals surface area contributed by atoms with Gasteiger partial charge in [-0.15, -0.1) is 0 Å². The number of ether oxygens (including phenoxy) is 1. The molecule has 2 aromatic carbocycles. The lowest BCUT2D eigenvalue weighted by Crippen LogP contribution is -2.28. The normalized spacial score (nSPS) is 11.8. The summed E-state index contributed by atoms with van der Waals surface area (Å²) in [5.41, 5.74) is 1.85. The van der Waals surface area contributed by atoms with Gasteiger partial charge >= 0.3 is 0 Å². The SMILES string of the molecule is COc1ccc(Cl)cc1CC(=O)N[C@H](C)c1ccccc1. The number of hydrogen-bond acceptors (Lipinski definition) is 2. The molecule has 0 aliphatic carbocycles. The number of amides is 1. The smallest absolute Gasteiger partial charge is 0.225 e. The van der Waals surface area contributed by atoms with Gasteiger partial charge in [0.1, 0.15) is 5.75 Å². The monoisotopic (exact) mass is 303 g/mol. The van der Waals surface area contributed by atoms with Crippen LogP contribution in [0.2, 0.25) is 5.02 Å². The summed E-state index contributed by atoms with van der Waals surface area (Å²) in [6.45, 7) is 1.96. The third kappa shape index (κ3) is 4.23. The molecule has 0 fully saturated rings. The van der Waals surface area contributed by atoms with Gasteiger partial charge in [0.05, 0.1) is 19.6 Å². The molecule has 0 aromatic heterocycles. The second kappa shape index (κ2) is 7.14. The highest BCUT2D eigenvalue weighted by atomic mass is 35.5. The zero-order valence-electron chi connectivity index (χ0n) is 12.1. The number of benzene rings is 2. The summed E-state index contributed by atoms with van der Waals surface area (Å²) in [5, 5.41) is 3.57. The van der Waals surface area contributed by atoms with Gasteiger partial charge in [-0.05, 0) is 30.7 Å². The lowest BCUT2D eigenvalue weighted by atomic mass is 10.1. The van der Waals surface area contributed by atoms with Crippen molar-refractivity contribution in [3.8, 4) is 5.75 Å². The highest BCUT2D eigenvalue weighted by molar-refractivity contribution is 6.30. The summed E-state index contributed by atoms with van der Waals surface area (Å²) < 4.78 is 5.25. The minimum absolute atomic E-state index is 0.0381. The lowest BCUT2D eigenvalue weighted by Gasteiger charge is -2.15. The van der Waals surface area contributed by atoms with Crippen molar-refractivity contribution >= 4 is 17.5 Å². The molecule has 2 rings (SSSR count). The van der Waals surface area contributed by atoms with Crippen LogP contribution < -0.4 is 10.1 Å². The van der Waals surface area contributed by atoms with Crippen molar-refractivity contribution in [2.75, 3.05) is 7.11 Å². The van der Waals surface area contributed by atoms with Crippen LogP contribution in [0.1, 0.15) is 24.1 Å². The molecule has 3 nitrogen and oxygen atoms in total. The number of carbonyl (C=O) groups excluding carboxylic acids is 1. The molecule has 1 N–H and O–H groups in total. The van der Waals surface area contributed by atoms with E-state index in [1.165, 1.54) is 0 Å². The third-order valence-corrected chi connectivity index (χ3v) is 3.51. The van der Waals surface area contributed by atoms with E-state index in [1.807, 2.05) is 37.3 Å². The molecule has 0 saturated heterocycles. The Bertz CT molecular complexity index is 613. The minimum atomic E-state index is -0.0630. The molecule has 0 spiro atoms. The van der Waals surface area contributed by atoms with Crippen molar-refractivity contribution in [1.82, 2.24) is 5.32 Å². The van der Waals surface area contributed by atoms with Gasteiger partial charge in [0, 0.05) is 10.6 Å². The van der Waals surface area contributed by atoms with E-state index in [0.29, 0.717) is 10.8 Å². The maximum Gasteiger partial charge on any atom is 0.225 e. The molecule has 0 heterocycles. The molecule has 0 aliphatic rings. The van der Waals surface area contributed by atoms with Crippen molar-refractivity contribution < 1.29 is 9.53 Å². The first-order chi connectivity index (χ1) is 10.1. The molecule has 4 heteroatoms. The second-order valence-corrected chi connectivity index (χ2v) is 5.27. The summed E-state index contributed by atoms with van der Waals surface area (Å²) in [6, 6.07) is 15.1. The number of halogens is 1. The first kappa shape index (κ1) is 15.4. The van der Waals surface area contributed by atoms with Gasteiger partial charge in [-0.3, -0.25) is 4.79 Å². The number of rotatable bonds is 5. The van der Waals surface area contributed by atoms with Crippen LogP contribution in [-0.2, 0) is 11.2 Å². The van der Waals surface area contributed by atoms with Crippen LogP contribution in [0.15, 0.2) is 48.5 Å². The van der Waals surface area contributed by atoms with E-state index >= 15 is 0 Å². The molecule has 1 atom stereocenters. The van der Waals surface area contributed by atoms with Crippen molar-refractivity contribution in [3.63, 3.8) is 0 Å². The van der Waals surface area contributed by atoms with E-state index in [1.54, 1.807) is 25.3 Å². The van der Waals surface area contributed by atoms with E-state index in [2.05, 4.69) is 5.32 Å². The predicted octanol–water partition coefficient (Wildman–Crippen LogP) is 3.77. The quantitative estimate of drug-likeness (QED) is 0.913. The van der Waals surface area contributed by atoms with Gasteiger partial charge in [-0.1, -0.05) is 41.9 Å². The molecule has 2 aromatic rings. The van der Waals surface area contributed by atoms with E-state index in [0.717, 1.165) is 11.1 Å². The van der Waals surface area contributed by atoms with Crippen LogP contribution in [0, 0.1) is 0 Å². The van der Waals surface area contributed by atoms with Gasteiger partial charge in [-0.2, -0.15) is 0 Å². The second-order valence-electron chi connectivity index (χ2n) is 4.83. The van der Waals surface area contributed by atoms with Crippen molar-refractivity contribution in [1.29, 1.82) is 0 Å². The average molecular weight is 304 g/mol. The van der Waals surface area contributed by atoms with Crippen LogP contribution >= 0.6 is 11.6 Å². The molecule has 1 amide bonds. The molecule has 0 saturated carbocycles. The van der Waals surface area contributed by atoms with E-state index < -0.39 is 0 Å². The average Bonchev–Trinajstić information content (AvgIpc) is 2.48. The van der Waals surface area contributed by atoms with Gasteiger partial charge in [-0.25, -0.2) is 0 Å². The van der Waals surface area contributed by atoms with E-state index in [9.17, 15) is 4.79 Å². The van der Waals surface area contributed by atoms with Crippen molar-refractivity contribution in [2.24, 2.45) is 0 Å². The van der Waals surface area contributed by atoms with E-state index in [4.69, 9.17) is 16.3 Å². The zero-order chi connectivity index (χ0) is 15.2. The fourth-order valence-corrected chi connectivity index (χ4v) is 2.37. The fraction of sp³-hybridized carbons (Fsp3) is 0.235. The Balaban J connectivity index is 2.04. The number of carbonyl (C=O) groups is 1. The van der Waals surface area contributed by atoms with E-state index in [-0.39, 0.29) is 18.4 Å². The van der Waals surface area contributed by atoms with Gasteiger partial charge in [0.15, 0.2) is 0 Å². The summed E-state index contributed by atoms with van der Waals surface area (Å²) in [6.07, 6.45) is 0.237. The highest BCUT2D eigenvalue weighted by Gasteiger charge is 2.12. The number of nitrogens with one attached hydrogen (secondary N) is 1. The predicted molar refractivity (Wildman–Crippen MR) is 84.7 cm³/mol. The van der Waals surface area contributed by atoms with Gasteiger partial charge in [0.2, 0.25) is 5.91 Å². The molecule has 0 unspecified atom stereocenters. The lowest BCUT2D eigenvalue weighted by molar-refractivity contribution is -0.121. The minimum Gasteiger partial charge on any atom is -0.496 e. The first-order valence-corrected chi connectivity index (χ1v) is 7.14. The Morgan fingerprint density at radius 3 is 2.62 bits per heavy atom. The topological polar surface area (TPSA) is 38.3 Å². The standard InChI is InChI=1S/C17H18ClNO2/c1-12(13-6-4-3-5-7-13)19-17(20)11-14-10-15(18)8-9-16(14)21-2/h3-10,12H,11H2,1-2H3,(H,19,20)/t12-/m1/s1.